The number of halogens is 1. The summed E-state index contributed by atoms with van der Waals surface area (Å²) >= 11 is 6.43. The fraction of sp³-hybridized carbons (Fsp3) is 0.192. The smallest absolute Gasteiger partial charge is 0.303 e. The third-order valence-electron chi connectivity index (χ3n) is 5.62. The highest BCUT2D eigenvalue weighted by atomic mass is 35.5. The lowest BCUT2D eigenvalue weighted by atomic mass is 10.1. The Labute approximate surface area is 208 Å². The fourth-order valence-electron chi connectivity index (χ4n) is 4.03. The van der Waals surface area contributed by atoms with Crippen LogP contribution in [0.2, 0.25) is 5.02 Å². The molecule has 4 rings (SSSR count). The first-order valence-electron chi connectivity index (χ1n) is 10.9. The van der Waals surface area contributed by atoms with E-state index in [1.54, 1.807) is 37.3 Å². The molecule has 9 heteroatoms. The molecule has 0 atom stereocenters. The standard InChI is InChI=1S/C26H24ClNO6S/c1-3-34-25-22(27)12-11-20(17-7-5-4-6-8-17)26(25)35(31,32)28-16-18(9-14-24(29)30)21-15-19(33-2)10-13-23(21)28/h4-8,10-13,15-16H,3,9,14H2,1-2H3,(H,29,30). The molecule has 1 aromatic heterocycles. The van der Waals surface area contributed by atoms with Gasteiger partial charge in [0.2, 0.25) is 0 Å². The largest absolute Gasteiger partial charge is 0.497 e. The van der Waals surface area contributed by atoms with Gasteiger partial charge < -0.3 is 14.6 Å². The van der Waals surface area contributed by atoms with Crippen LogP contribution in [0.4, 0.5) is 0 Å². The van der Waals surface area contributed by atoms with E-state index in [1.165, 1.54) is 17.3 Å². The van der Waals surface area contributed by atoms with Crippen LogP contribution in [0.1, 0.15) is 18.9 Å². The molecule has 0 spiro atoms. The SMILES string of the molecule is CCOc1c(Cl)ccc(-c2ccccc2)c1S(=O)(=O)n1cc(CCC(=O)O)c2cc(OC)ccc21. The highest BCUT2D eigenvalue weighted by Crippen LogP contribution is 2.42. The Bertz CT molecular complexity index is 1500. The van der Waals surface area contributed by atoms with E-state index in [0.717, 1.165) is 0 Å². The molecular weight excluding hydrogens is 490 g/mol. The van der Waals surface area contributed by atoms with E-state index in [4.69, 9.17) is 21.1 Å². The summed E-state index contributed by atoms with van der Waals surface area (Å²) in [6, 6.07) is 17.4. The number of methoxy groups -OCH3 is 1. The van der Waals surface area contributed by atoms with Crippen LogP contribution in [-0.2, 0) is 21.2 Å². The third-order valence-corrected chi connectivity index (χ3v) is 7.66. The van der Waals surface area contributed by atoms with Crippen LogP contribution >= 0.6 is 11.6 Å². The Morgan fingerprint density at radius 2 is 1.83 bits per heavy atom. The molecule has 182 valence electrons. The van der Waals surface area contributed by atoms with Crippen LogP contribution in [0.15, 0.2) is 71.8 Å². The Morgan fingerprint density at radius 3 is 2.49 bits per heavy atom. The monoisotopic (exact) mass is 513 g/mol. The van der Waals surface area contributed by atoms with E-state index in [0.29, 0.717) is 33.3 Å². The fourth-order valence-corrected chi connectivity index (χ4v) is 6.04. The number of hydrogen-bond donors (Lipinski definition) is 1. The summed E-state index contributed by atoms with van der Waals surface area (Å²) in [6.07, 6.45) is 1.47. The summed E-state index contributed by atoms with van der Waals surface area (Å²) in [5.74, 6) is -0.374. The molecule has 0 radical (unpaired) electrons. The number of carboxylic acids is 1. The topological polar surface area (TPSA) is 94.8 Å². The van der Waals surface area contributed by atoms with E-state index in [9.17, 15) is 18.3 Å². The molecule has 0 amide bonds. The third kappa shape index (κ3) is 4.72. The van der Waals surface area contributed by atoms with Gasteiger partial charge in [-0.3, -0.25) is 4.79 Å². The lowest BCUT2D eigenvalue weighted by Gasteiger charge is -2.18. The second-order valence-corrected chi connectivity index (χ2v) is 9.94. The number of ether oxygens (including phenoxy) is 2. The normalized spacial score (nSPS) is 11.5. The summed E-state index contributed by atoms with van der Waals surface area (Å²) in [5.41, 5.74) is 2.10. The molecule has 4 aromatic rings. The molecule has 0 saturated carbocycles. The van der Waals surface area contributed by atoms with Crippen molar-refractivity contribution >= 4 is 38.5 Å². The number of aliphatic carboxylic acids is 1. The Hall–Kier alpha value is -3.49. The minimum atomic E-state index is -4.24. The maximum absolute atomic E-state index is 14.3. The minimum Gasteiger partial charge on any atom is -0.497 e. The van der Waals surface area contributed by atoms with Crippen molar-refractivity contribution in [3.63, 3.8) is 0 Å². The van der Waals surface area contributed by atoms with Gasteiger partial charge in [-0.05, 0) is 48.7 Å². The quantitative estimate of drug-likeness (QED) is 0.312. The lowest BCUT2D eigenvalue weighted by Crippen LogP contribution is -2.15. The predicted molar refractivity (Wildman–Crippen MR) is 135 cm³/mol. The number of carboxylic acid groups (broad SMARTS) is 1. The Kier molecular flexibility index (Phi) is 7.05. The van der Waals surface area contributed by atoms with Gasteiger partial charge in [-0.2, -0.15) is 0 Å². The molecule has 1 heterocycles. The van der Waals surface area contributed by atoms with Crippen molar-refractivity contribution in [1.29, 1.82) is 0 Å². The van der Waals surface area contributed by atoms with Crippen LogP contribution in [0.25, 0.3) is 22.0 Å². The molecular formula is C26H24ClNO6S. The van der Waals surface area contributed by atoms with Gasteiger partial charge in [0.15, 0.2) is 5.75 Å². The van der Waals surface area contributed by atoms with Crippen molar-refractivity contribution in [3.05, 3.63) is 77.4 Å². The first-order valence-corrected chi connectivity index (χ1v) is 12.8. The number of nitrogens with zero attached hydrogens (tertiary/aromatic N) is 1. The van der Waals surface area contributed by atoms with Crippen molar-refractivity contribution in [1.82, 2.24) is 3.97 Å². The molecule has 0 aliphatic heterocycles. The maximum Gasteiger partial charge on any atom is 0.303 e. The number of aromatic nitrogens is 1. The van der Waals surface area contributed by atoms with Gasteiger partial charge in [0.1, 0.15) is 10.6 Å². The van der Waals surface area contributed by atoms with Crippen molar-refractivity contribution in [2.24, 2.45) is 0 Å². The van der Waals surface area contributed by atoms with Gasteiger partial charge in [0, 0.05) is 23.6 Å². The van der Waals surface area contributed by atoms with Gasteiger partial charge >= 0.3 is 5.97 Å². The van der Waals surface area contributed by atoms with Gasteiger partial charge in [0.05, 0.1) is 24.3 Å². The lowest BCUT2D eigenvalue weighted by molar-refractivity contribution is -0.136. The summed E-state index contributed by atoms with van der Waals surface area (Å²) in [5, 5.41) is 9.97. The number of carbonyl (C=O) groups is 1. The Balaban J connectivity index is 2.02. The maximum atomic E-state index is 14.3. The number of aryl methyl sites for hydroxylation is 1. The molecule has 0 aliphatic carbocycles. The van der Waals surface area contributed by atoms with Crippen LogP contribution in [0.3, 0.4) is 0 Å². The molecule has 0 unspecified atom stereocenters. The zero-order valence-corrected chi connectivity index (χ0v) is 20.8. The van der Waals surface area contributed by atoms with Gasteiger partial charge in [0.25, 0.3) is 10.0 Å². The highest BCUT2D eigenvalue weighted by molar-refractivity contribution is 7.90. The second-order valence-electron chi connectivity index (χ2n) is 7.78. The van der Waals surface area contributed by atoms with Gasteiger partial charge in [-0.1, -0.05) is 48.0 Å². The van der Waals surface area contributed by atoms with Crippen LogP contribution < -0.4 is 9.47 Å². The highest BCUT2D eigenvalue weighted by Gasteiger charge is 2.30. The zero-order chi connectivity index (χ0) is 25.2. The summed E-state index contributed by atoms with van der Waals surface area (Å²) in [6.45, 7) is 1.97. The van der Waals surface area contributed by atoms with Crippen LogP contribution in [-0.4, -0.2) is 37.2 Å². The van der Waals surface area contributed by atoms with Gasteiger partial charge in [-0.25, -0.2) is 12.4 Å². The van der Waals surface area contributed by atoms with E-state index >= 15 is 0 Å². The zero-order valence-electron chi connectivity index (χ0n) is 19.2. The molecule has 35 heavy (non-hydrogen) atoms. The number of hydrogen-bond acceptors (Lipinski definition) is 5. The second kappa shape index (κ2) is 10.0. The van der Waals surface area contributed by atoms with Crippen LogP contribution in [0, 0.1) is 0 Å². The first kappa shape index (κ1) is 24.6. The van der Waals surface area contributed by atoms with E-state index in [1.807, 2.05) is 30.3 Å². The number of benzene rings is 3. The summed E-state index contributed by atoms with van der Waals surface area (Å²) in [7, 11) is -2.73. The van der Waals surface area contributed by atoms with E-state index in [-0.39, 0.29) is 35.1 Å². The van der Waals surface area contributed by atoms with Crippen molar-refractivity contribution in [2.75, 3.05) is 13.7 Å². The Morgan fingerprint density at radius 1 is 1.09 bits per heavy atom. The summed E-state index contributed by atoms with van der Waals surface area (Å²) in [4.78, 5) is 11.2. The molecule has 0 bridgehead atoms. The average Bonchev–Trinajstić information content (AvgIpc) is 3.23. The minimum absolute atomic E-state index is 0.0597. The number of rotatable bonds is 9. The molecule has 1 N–H and O–H groups in total. The van der Waals surface area contributed by atoms with Crippen molar-refractivity contribution < 1.29 is 27.8 Å². The average molecular weight is 514 g/mol. The van der Waals surface area contributed by atoms with Crippen molar-refractivity contribution in [3.8, 4) is 22.6 Å². The molecule has 0 saturated heterocycles. The predicted octanol–water partition coefficient (Wildman–Crippen LogP) is 5.62. The molecule has 0 fully saturated rings. The summed E-state index contributed by atoms with van der Waals surface area (Å²) < 4.78 is 40.8. The van der Waals surface area contributed by atoms with Gasteiger partial charge in [-0.15, -0.1) is 0 Å². The van der Waals surface area contributed by atoms with E-state index in [2.05, 4.69) is 0 Å². The van der Waals surface area contributed by atoms with E-state index < -0.39 is 16.0 Å². The molecule has 7 nitrogen and oxygen atoms in total. The van der Waals surface area contributed by atoms with Crippen molar-refractivity contribution in [2.45, 2.75) is 24.7 Å². The first-order chi connectivity index (χ1) is 16.8. The molecule has 3 aromatic carbocycles. The number of fused-ring (bicyclic) bond motifs is 1. The molecule has 0 aliphatic rings. The van der Waals surface area contributed by atoms with Crippen LogP contribution in [0.5, 0.6) is 11.5 Å².